The third-order valence-corrected chi connectivity index (χ3v) is 6.17. The average molecular weight is 441 g/mol. The predicted octanol–water partition coefficient (Wildman–Crippen LogP) is 4.50. The van der Waals surface area contributed by atoms with Crippen molar-refractivity contribution in [3.63, 3.8) is 0 Å². The van der Waals surface area contributed by atoms with E-state index in [1.165, 1.54) is 28.8 Å². The van der Waals surface area contributed by atoms with E-state index in [4.69, 9.17) is 17.3 Å². The maximum absolute atomic E-state index is 13.2. The van der Waals surface area contributed by atoms with E-state index in [0.717, 1.165) is 22.0 Å². The van der Waals surface area contributed by atoms with Crippen LogP contribution in [0.4, 0.5) is 4.39 Å². The Morgan fingerprint density at radius 2 is 1.90 bits per heavy atom. The first-order chi connectivity index (χ1) is 14.4. The van der Waals surface area contributed by atoms with Crippen LogP contribution < -0.4 is 0 Å². The summed E-state index contributed by atoms with van der Waals surface area (Å²) in [7, 11) is 0. The predicted molar refractivity (Wildman–Crippen MR) is 120 cm³/mol. The molecule has 1 aromatic heterocycles. The summed E-state index contributed by atoms with van der Waals surface area (Å²) in [6.07, 6.45) is 3.60. The highest BCUT2D eigenvalue weighted by Crippen LogP contribution is 2.34. The van der Waals surface area contributed by atoms with Gasteiger partial charge in [0, 0.05) is 35.8 Å². The van der Waals surface area contributed by atoms with E-state index in [2.05, 4.69) is 4.57 Å². The smallest absolute Gasteiger partial charge is 0.305 e. The molecule has 3 aromatic rings. The van der Waals surface area contributed by atoms with Gasteiger partial charge >= 0.3 is 5.97 Å². The highest BCUT2D eigenvalue weighted by atomic mass is 32.2. The molecule has 1 fully saturated rings. The van der Waals surface area contributed by atoms with Crippen molar-refractivity contribution in [2.24, 2.45) is 0 Å². The number of aliphatic carboxylic acids is 1. The molecule has 5 nitrogen and oxygen atoms in total. The van der Waals surface area contributed by atoms with Crippen molar-refractivity contribution in [2.75, 3.05) is 6.54 Å². The van der Waals surface area contributed by atoms with Crippen LogP contribution in [-0.2, 0) is 16.1 Å². The third-order valence-electron chi connectivity index (χ3n) is 4.80. The number of halogens is 1. The van der Waals surface area contributed by atoms with Gasteiger partial charge in [0.15, 0.2) is 0 Å². The lowest BCUT2D eigenvalue weighted by Crippen LogP contribution is -2.30. The van der Waals surface area contributed by atoms with E-state index in [1.807, 2.05) is 30.5 Å². The van der Waals surface area contributed by atoms with Crippen LogP contribution in [0.1, 0.15) is 17.5 Å². The number of fused-ring (bicyclic) bond motifs is 1. The van der Waals surface area contributed by atoms with Crippen molar-refractivity contribution in [3.05, 3.63) is 76.6 Å². The molecule has 1 saturated heterocycles. The summed E-state index contributed by atoms with van der Waals surface area (Å²) in [5.41, 5.74) is 2.82. The Kier molecular flexibility index (Phi) is 5.69. The molecule has 30 heavy (non-hydrogen) atoms. The second kappa shape index (κ2) is 8.41. The number of nitrogens with zero attached hydrogens (tertiary/aromatic N) is 2. The maximum Gasteiger partial charge on any atom is 0.305 e. The number of carboxylic acids is 1. The van der Waals surface area contributed by atoms with Gasteiger partial charge in [0.2, 0.25) is 0 Å². The number of hydrogen-bond acceptors (Lipinski definition) is 4. The number of thioether (sulfide) groups is 1. The van der Waals surface area contributed by atoms with Crippen LogP contribution in [0.15, 0.2) is 59.6 Å². The summed E-state index contributed by atoms with van der Waals surface area (Å²) in [6, 6.07) is 14.2. The number of rotatable bonds is 6. The molecule has 4 rings (SSSR count). The molecule has 152 valence electrons. The number of para-hydroxylation sites is 1. The fourth-order valence-electron chi connectivity index (χ4n) is 3.35. The molecule has 0 radical (unpaired) electrons. The van der Waals surface area contributed by atoms with Crippen LogP contribution in [0.3, 0.4) is 0 Å². The van der Waals surface area contributed by atoms with E-state index in [-0.39, 0.29) is 24.7 Å². The van der Waals surface area contributed by atoms with Gasteiger partial charge in [-0.2, -0.15) is 0 Å². The number of carbonyl (C=O) groups is 2. The highest BCUT2D eigenvalue weighted by Gasteiger charge is 2.32. The average Bonchev–Trinajstić information content (AvgIpc) is 3.19. The number of amides is 1. The molecule has 2 aromatic carbocycles. The molecule has 1 aliphatic rings. The Morgan fingerprint density at radius 1 is 1.17 bits per heavy atom. The maximum atomic E-state index is 13.2. The standard InChI is InChI=1S/C22H17FN2O3S2/c23-16-7-5-14(6-8-16)12-24-13-15(17-3-1-2-4-18(17)24)11-19-21(28)25(22(29)30-19)10-9-20(26)27/h1-8,11,13H,9-10,12H2,(H,26,27)/b19-11+. The van der Waals surface area contributed by atoms with Crippen molar-refractivity contribution in [3.8, 4) is 0 Å². The van der Waals surface area contributed by atoms with Crippen molar-refractivity contribution < 1.29 is 19.1 Å². The zero-order valence-corrected chi connectivity index (χ0v) is 17.4. The lowest BCUT2D eigenvalue weighted by molar-refractivity contribution is -0.137. The quantitative estimate of drug-likeness (QED) is 0.452. The van der Waals surface area contributed by atoms with Gasteiger partial charge in [0.05, 0.1) is 11.3 Å². The summed E-state index contributed by atoms with van der Waals surface area (Å²) in [5, 5.41) is 9.86. The lowest BCUT2D eigenvalue weighted by atomic mass is 10.1. The van der Waals surface area contributed by atoms with Gasteiger partial charge in [-0.25, -0.2) is 4.39 Å². The third kappa shape index (κ3) is 4.15. The van der Waals surface area contributed by atoms with E-state index in [9.17, 15) is 14.0 Å². The SMILES string of the molecule is O=C(O)CCN1C(=O)/C(=C\c2cn(Cc3ccc(F)cc3)c3ccccc23)SC1=S. The monoisotopic (exact) mass is 440 g/mol. The Morgan fingerprint density at radius 3 is 2.63 bits per heavy atom. The van der Waals surface area contributed by atoms with Crippen molar-refractivity contribution >= 4 is 57.2 Å². The molecule has 2 heterocycles. The second-order valence-corrected chi connectivity index (χ2v) is 8.51. The van der Waals surface area contributed by atoms with Gasteiger partial charge in [0.1, 0.15) is 10.1 Å². The van der Waals surface area contributed by atoms with Gasteiger partial charge < -0.3 is 9.67 Å². The number of aromatic nitrogens is 1. The van der Waals surface area contributed by atoms with Gasteiger partial charge in [-0.15, -0.1) is 0 Å². The summed E-state index contributed by atoms with van der Waals surface area (Å²) in [5.74, 6) is -1.53. The Bertz CT molecular complexity index is 1180. The topological polar surface area (TPSA) is 62.5 Å². The minimum Gasteiger partial charge on any atom is -0.481 e. The zero-order valence-electron chi connectivity index (χ0n) is 15.7. The number of thiocarbonyl (C=S) groups is 1. The van der Waals surface area contributed by atoms with Gasteiger partial charge in [-0.3, -0.25) is 14.5 Å². The summed E-state index contributed by atoms with van der Waals surface area (Å²) < 4.78 is 15.6. The molecular formula is C22H17FN2O3S2. The Hall–Kier alpha value is -2.97. The molecule has 0 bridgehead atoms. The summed E-state index contributed by atoms with van der Waals surface area (Å²) in [6.45, 7) is 0.623. The van der Waals surface area contributed by atoms with Crippen molar-refractivity contribution in [2.45, 2.75) is 13.0 Å². The van der Waals surface area contributed by atoms with Crippen LogP contribution in [0.2, 0.25) is 0 Å². The molecule has 0 atom stereocenters. The Labute approximate surface area is 181 Å². The van der Waals surface area contributed by atoms with Gasteiger partial charge in [-0.1, -0.05) is 54.3 Å². The zero-order chi connectivity index (χ0) is 21.3. The summed E-state index contributed by atoms with van der Waals surface area (Å²) >= 11 is 6.44. The fourth-order valence-corrected chi connectivity index (χ4v) is 4.65. The molecule has 0 aliphatic carbocycles. The molecule has 0 saturated carbocycles. The fraction of sp³-hybridized carbons (Fsp3) is 0.136. The molecule has 1 aliphatic heterocycles. The first-order valence-electron chi connectivity index (χ1n) is 9.22. The van der Waals surface area contributed by atoms with Crippen molar-refractivity contribution in [1.29, 1.82) is 0 Å². The van der Waals surface area contributed by atoms with Crippen LogP contribution in [-0.4, -0.2) is 37.3 Å². The van der Waals surface area contributed by atoms with Gasteiger partial charge in [-0.05, 0) is 29.8 Å². The largest absolute Gasteiger partial charge is 0.481 e. The minimum atomic E-state index is -0.975. The van der Waals surface area contributed by atoms with E-state index < -0.39 is 5.97 Å². The number of hydrogen-bond donors (Lipinski definition) is 1. The molecule has 1 N–H and O–H groups in total. The second-order valence-electron chi connectivity index (χ2n) is 6.83. The summed E-state index contributed by atoms with van der Waals surface area (Å²) in [4.78, 5) is 25.3. The minimum absolute atomic E-state index is 0.0592. The Balaban J connectivity index is 1.66. The molecule has 0 unspecified atom stereocenters. The van der Waals surface area contributed by atoms with E-state index in [0.29, 0.717) is 15.8 Å². The number of carboxylic acid groups (broad SMARTS) is 1. The van der Waals surface area contributed by atoms with Crippen LogP contribution in [0.25, 0.3) is 17.0 Å². The van der Waals surface area contributed by atoms with Crippen LogP contribution in [0, 0.1) is 5.82 Å². The van der Waals surface area contributed by atoms with Crippen LogP contribution in [0.5, 0.6) is 0 Å². The first-order valence-corrected chi connectivity index (χ1v) is 10.4. The molecule has 8 heteroatoms. The first kappa shape index (κ1) is 20.3. The number of carbonyl (C=O) groups excluding carboxylic acids is 1. The van der Waals surface area contributed by atoms with E-state index >= 15 is 0 Å². The lowest BCUT2D eigenvalue weighted by Gasteiger charge is -2.12. The number of benzene rings is 2. The molecular weight excluding hydrogens is 423 g/mol. The highest BCUT2D eigenvalue weighted by molar-refractivity contribution is 8.26. The van der Waals surface area contributed by atoms with Crippen molar-refractivity contribution in [1.82, 2.24) is 9.47 Å². The van der Waals surface area contributed by atoms with Crippen LogP contribution >= 0.6 is 24.0 Å². The molecule has 0 spiro atoms. The van der Waals surface area contributed by atoms with Gasteiger partial charge in [0.25, 0.3) is 5.91 Å². The normalized spacial score (nSPS) is 15.5. The molecule has 1 amide bonds. The van der Waals surface area contributed by atoms with E-state index in [1.54, 1.807) is 18.2 Å².